The number of rotatable bonds is 2. The van der Waals surface area contributed by atoms with Gasteiger partial charge in [0.15, 0.2) is 5.82 Å². The van der Waals surface area contributed by atoms with E-state index >= 15 is 0 Å². The van der Waals surface area contributed by atoms with Crippen molar-refractivity contribution in [3.05, 3.63) is 36.2 Å². The molecule has 1 aliphatic rings. The highest BCUT2D eigenvalue weighted by Crippen LogP contribution is 2.26. The van der Waals surface area contributed by atoms with Crippen LogP contribution in [0.15, 0.2) is 30.3 Å². The average molecular weight is 256 g/mol. The minimum atomic E-state index is 0.508. The van der Waals surface area contributed by atoms with Gasteiger partial charge in [0.1, 0.15) is 5.82 Å². The third kappa shape index (κ3) is 2.54. The number of hydrogen-bond donors (Lipinski definition) is 0. The molecule has 1 aromatic carbocycles. The lowest BCUT2D eigenvalue weighted by Crippen LogP contribution is -2.32. The first-order chi connectivity index (χ1) is 9.24. The van der Waals surface area contributed by atoms with Crippen LogP contribution in [0.2, 0.25) is 0 Å². The topological polar surface area (TPSA) is 34.0 Å². The van der Waals surface area contributed by atoms with E-state index < -0.39 is 0 Å². The molecule has 4 heteroatoms. The van der Waals surface area contributed by atoms with Gasteiger partial charge in [-0.2, -0.15) is 5.10 Å². The van der Waals surface area contributed by atoms with Gasteiger partial charge in [0.25, 0.3) is 0 Å². The second kappa shape index (κ2) is 5.13. The minimum absolute atomic E-state index is 0.508. The smallest absolute Gasteiger partial charge is 0.181 e. The Morgan fingerprint density at radius 3 is 2.68 bits per heavy atom. The molecule has 1 atom stereocenters. The summed E-state index contributed by atoms with van der Waals surface area (Å²) in [7, 11) is 4.18. The van der Waals surface area contributed by atoms with Crippen molar-refractivity contribution in [2.75, 3.05) is 20.1 Å². The van der Waals surface area contributed by atoms with Crippen molar-refractivity contribution in [3.63, 3.8) is 0 Å². The molecule has 1 aromatic heterocycles. The van der Waals surface area contributed by atoms with Gasteiger partial charge in [-0.1, -0.05) is 30.3 Å². The van der Waals surface area contributed by atoms with Gasteiger partial charge in [0.05, 0.1) is 0 Å². The van der Waals surface area contributed by atoms with E-state index in [2.05, 4.69) is 29.2 Å². The number of piperidine rings is 1. The number of likely N-dealkylation sites (N-methyl/N-ethyl adjacent to an activating group) is 1. The second-order valence-electron chi connectivity index (χ2n) is 5.38. The maximum atomic E-state index is 4.76. The van der Waals surface area contributed by atoms with Crippen LogP contribution in [-0.2, 0) is 7.05 Å². The summed E-state index contributed by atoms with van der Waals surface area (Å²) in [5.74, 6) is 2.46. The SMILES string of the molecule is CN1CCCC(c2nc(-c3ccccc3)nn2C)C1. The van der Waals surface area contributed by atoms with E-state index in [4.69, 9.17) is 4.98 Å². The summed E-state index contributed by atoms with van der Waals surface area (Å²) in [6.45, 7) is 2.28. The first-order valence-corrected chi connectivity index (χ1v) is 6.89. The summed E-state index contributed by atoms with van der Waals surface area (Å²) in [6, 6.07) is 10.2. The number of benzene rings is 1. The van der Waals surface area contributed by atoms with Gasteiger partial charge in [-0.15, -0.1) is 0 Å². The quantitative estimate of drug-likeness (QED) is 0.826. The Bertz CT molecular complexity index is 547. The Kier molecular flexibility index (Phi) is 3.34. The van der Waals surface area contributed by atoms with E-state index in [0.29, 0.717) is 5.92 Å². The van der Waals surface area contributed by atoms with Crippen LogP contribution in [0.5, 0.6) is 0 Å². The van der Waals surface area contributed by atoms with Crippen LogP contribution >= 0.6 is 0 Å². The van der Waals surface area contributed by atoms with E-state index in [1.807, 2.05) is 29.9 Å². The zero-order valence-corrected chi connectivity index (χ0v) is 11.6. The molecule has 0 amide bonds. The molecule has 1 unspecified atom stereocenters. The normalized spacial score (nSPS) is 20.6. The Morgan fingerprint density at radius 2 is 1.95 bits per heavy atom. The molecule has 0 saturated carbocycles. The molecule has 4 nitrogen and oxygen atoms in total. The molecule has 2 heterocycles. The fourth-order valence-electron chi connectivity index (χ4n) is 2.84. The largest absolute Gasteiger partial charge is 0.306 e. The van der Waals surface area contributed by atoms with Crippen LogP contribution in [0.25, 0.3) is 11.4 Å². The molecule has 0 bridgehead atoms. The van der Waals surface area contributed by atoms with Crippen molar-refractivity contribution in [2.24, 2.45) is 7.05 Å². The summed E-state index contributed by atoms with van der Waals surface area (Å²) in [4.78, 5) is 7.14. The first kappa shape index (κ1) is 12.4. The number of nitrogens with zero attached hydrogens (tertiary/aromatic N) is 4. The third-order valence-electron chi connectivity index (χ3n) is 3.82. The molecule has 1 aliphatic heterocycles. The molecule has 0 radical (unpaired) electrons. The summed E-state index contributed by atoms with van der Waals surface area (Å²) in [5.41, 5.74) is 1.09. The van der Waals surface area contributed by atoms with Gasteiger partial charge in [0, 0.05) is 25.1 Å². The Balaban J connectivity index is 1.89. The van der Waals surface area contributed by atoms with Gasteiger partial charge in [-0.3, -0.25) is 4.68 Å². The van der Waals surface area contributed by atoms with Gasteiger partial charge in [-0.25, -0.2) is 4.98 Å². The summed E-state index contributed by atoms with van der Waals surface area (Å²) in [5, 5.41) is 4.57. The fraction of sp³-hybridized carbons (Fsp3) is 0.467. The predicted octanol–water partition coefficient (Wildman–Crippen LogP) is 2.29. The lowest BCUT2D eigenvalue weighted by atomic mass is 9.98. The summed E-state index contributed by atoms with van der Waals surface area (Å²) < 4.78 is 1.95. The lowest BCUT2D eigenvalue weighted by molar-refractivity contribution is 0.243. The van der Waals surface area contributed by atoms with Crippen molar-refractivity contribution in [3.8, 4) is 11.4 Å². The lowest BCUT2D eigenvalue weighted by Gasteiger charge is -2.28. The van der Waals surface area contributed by atoms with Gasteiger partial charge >= 0.3 is 0 Å². The van der Waals surface area contributed by atoms with E-state index in [9.17, 15) is 0 Å². The van der Waals surface area contributed by atoms with E-state index in [1.54, 1.807) is 0 Å². The third-order valence-corrected chi connectivity index (χ3v) is 3.82. The fourth-order valence-corrected chi connectivity index (χ4v) is 2.84. The number of aryl methyl sites for hydroxylation is 1. The molecule has 1 fully saturated rings. The van der Waals surface area contributed by atoms with Gasteiger partial charge in [0.2, 0.25) is 0 Å². The highest BCUT2D eigenvalue weighted by molar-refractivity contribution is 5.54. The number of aromatic nitrogens is 3. The van der Waals surface area contributed by atoms with Crippen LogP contribution in [-0.4, -0.2) is 39.8 Å². The molecule has 0 aliphatic carbocycles. The molecule has 1 saturated heterocycles. The second-order valence-corrected chi connectivity index (χ2v) is 5.38. The van der Waals surface area contributed by atoms with E-state index in [-0.39, 0.29) is 0 Å². The van der Waals surface area contributed by atoms with Crippen LogP contribution in [0.3, 0.4) is 0 Å². The van der Waals surface area contributed by atoms with Crippen molar-refractivity contribution in [1.82, 2.24) is 19.7 Å². The predicted molar refractivity (Wildman–Crippen MR) is 75.9 cm³/mol. The maximum absolute atomic E-state index is 4.76. The molecule has 100 valence electrons. The van der Waals surface area contributed by atoms with Crippen LogP contribution < -0.4 is 0 Å². The molecular formula is C15H20N4. The monoisotopic (exact) mass is 256 g/mol. The molecule has 2 aromatic rings. The number of hydrogen-bond acceptors (Lipinski definition) is 3. The maximum Gasteiger partial charge on any atom is 0.181 e. The van der Waals surface area contributed by atoms with Crippen molar-refractivity contribution in [1.29, 1.82) is 0 Å². The van der Waals surface area contributed by atoms with Crippen LogP contribution in [0.1, 0.15) is 24.6 Å². The number of likely N-dealkylation sites (tertiary alicyclic amines) is 1. The molecule has 0 N–H and O–H groups in total. The van der Waals surface area contributed by atoms with Crippen molar-refractivity contribution >= 4 is 0 Å². The van der Waals surface area contributed by atoms with Crippen molar-refractivity contribution in [2.45, 2.75) is 18.8 Å². The van der Waals surface area contributed by atoms with E-state index in [1.165, 1.54) is 19.4 Å². The minimum Gasteiger partial charge on any atom is -0.306 e. The summed E-state index contributed by atoms with van der Waals surface area (Å²) in [6.07, 6.45) is 2.46. The van der Waals surface area contributed by atoms with Gasteiger partial charge in [-0.05, 0) is 26.4 Å². The van der Waals surface area contributed by atoms with E-state index in [0.717, 1.165) is 23.8 Å². The zero-order chi connectivity index (χ0) is 13.2. The average Bonchev–Trinajstić information content (AvgIpc) is 2.82. The molecule has 3 rings (SSSR count). The summed E-state index contributed by atoms with van der Waals surface area (Å²) >= 11 is 0. The zero-order valence-electron chi connectivity index (χ0n) is 11.6. The van der Waals surface area contributed by atoms with Crippen LogP contribution in [0.4, 0.5) is 0 Å². The molecule has 0 spiro atoms. The Morgan fingerprint density at radius 1 is 1.16 bits per heavy atom. The first-order valence-electron chi connectivity index (χ1n) is 6.89. The molecule has 19 heavy (non-hydrogen) atoms. The van der Waals surface area contributed by atoms with Crippen molar-refractivity contribution < 1.29 is 0 Å². The van der Waals surface area contributed by atoms with Gasteiger partial charge < -0.3 is 4.90 Å². The highest BCUT2D eigenvalue weighted by Gasteiger charge is 2.23. The Hall–Kier alpha value is -1.68. The van der Waals surface area contributed by atoms with Crippen LogP contribution in [0, 0.1) is 0 Å². The standard InChI is InChI=1S/C15H20N4/c1-18-10-6-9-13(11-18)15-16-14(17-19(15)2)12-7-4-3-5-8-12/h3-5,7-8,13H,6,9-11H2,1-2H3. The Labute approximate surface area is 114 Å². The highest BCUT2D eigenvalue weighted by atomic mass is 15.3. The molecular weight excluding hydrogens is 236 g/mol.